The molecule has 0 aliphatic carbocycles. The first-order valence-electron chi connectivity index (χ1n) is 10.1. The van der Waals surface area contributed by atoms with E-state index in [2.05, 4.69) is 17.1 Å². The van der Waals surface area contributed by atoms with E-state index < -0.39 is 0 Å². The molecule has 1 aliphatic rings. The number of amides is 1. The number of aromatic nitrogens is 2. The standard InChI is InChI=1S/C23H24FN3O2/c1-2-20(16-6-4-3-5-7-16)23(28)27-14-12-18(13-15-27)22-26-25-21(29-22)17-8-10-19(24)11-9-17/h3-11,18,20H,2,12-15H2,1H3. The van der Waals surface area contributed by atoms with Gasteiger partial charge in [0.05, 0.1) is 5.92 Å². The average Bonchev–Trinajstić information content (AvgIpc) is 3.26. The zero-order valence-corrected chi connectivity index (χ0v) is 16.4. The maximum Gasteiger partial charge on any atom is 0.247 e. The molecular formula is C23H24FN3O2. The van der Waals surface area contributed by atoms with Crippen molar-refractivity contribution in [2.75, 3.05) is 13.1 Å². The van der Waals surface area contributed by atoms with E-state index in [0.29, 0.717) is 30.4 Å². The Morgan fingerprint density at radius 2 is 1.79 bits per heavy atom. The summed E-state index contributed by atoms with van der Waals surface area (Å²) in [6, 6.07) is 16.0. The molecule has 1 fully saturated rings. The van der Waals surface area contributed by atoms with Crippen LogP contribution in [0.4, 0.5) is 4.39 Å². The van der Waals surface area contributed by atoms with Gasteiger partial charge >= 0.3 is 0 Å². The van der Waals surface area contributed by atoms with Crippen molar-refractivity contribution >= 4 is 5.91 Å². The van der Waals surface area contributed by atoms with Gasteiger partial charge in [-0.2, -0.15) is 0 Å². The van der Waals surface area contributed by atoms with Crippen molar-refractivity contribution in [3.8, 4) is 11.5 Å². The number of carbonyl (C=O) groups excluding carboxylic acids is 1. The van der Waals surface area contributed by atoms with Crippen LogP contribution in [0.1, 0.15) is 49.5 Å². The van der Waals surface area contributed by atoms with Gasteiger partial charge in [0.1, 0.15) is 5.82 Å². The molecule has 1 atom stereocenters. The summed E-state index contributed by atoms with van der Waals surface area (Å²) in [5, 5.41) is 8.30. The van der Waals surface area contributed by atoms with Crippen LogP contribution < -0.4 is 0 Å². The monoisotopic (exact) mass is 393 g/mol. The molecule has 3 aromatic rings. The molecule has 150 valence electrons. The van der Waals surface area contributed by atoms with Gasteiger partial charge in [-0.1, -0.05) is 37.3 Å². The van der Waals surface area contributed by atoms with E-state index in [1.165, 1.54) is 12.1 Å². The fourth-order valence-electron chi connectivity index (χ4n) is 3.91. The van der Waals surface area contributed by atoms with Crippen molar-refractivity contribution in [1.82, 2.24) is 15.1 Å². The van der Waals surface area contributed by atoms with Gasteiger partial charge < -0.3 is 9.32 Å². The SMILES string of the molecule is CCC(C(=O)N1CCC(c2nnc(-c3ccc(F)cc3)o2)CC1)c1ccccc1. The Balaban J connectivity index is 1.39. The molecular weight excluding hydrogens is 369 g/mol. The van der Waals surface area contributed by atoms with Crippen LogP contribution >= 0.6 is 0 Å². The highest BCUT2D eigenvalue weighted by molar-refractivity contribution is 5.83. The quantitative estimate of drug-likeness (QED) is 0.626. The van der Waals surface area contributed by atoms with Crippen LogP contribution in [0.15, 0.2) is 59.0 Å². The van der Waals surface area contributed by atoms with Crippen molar-refractivity contribution in [3.63, 3.8) is 0 Å². The first-order valence-corrected chi connectivity index (χ1v) is 10.1. The summed E-state index contributed by atoms with van der Waals surface area (Å²) in [4.78, 5) is 15.0. The van der Waals surface area contributed by atoms with E-state index in [1.807, 2.05) is 35.2 Å². The molecule has 1 amide bonds. The van der Waals surface area contributed by atoms with Crippen molar-refractivity contribution < 1.29 is 13.6 Å². The molecule has 0 bridgehead atoms. The van der Waals surface area contributed by atoms with Crippen molar-refractivity contribution in [3.05, 3.63) is 71.9 Å². The minimum atomic E-state index is -0.300. The summed E-state index contributed by atoms with van der Waals surface area (Å²) >= 11 is 0. The highest BCUT2D eigenvalue weighted by atomic mass is 19.1. The Morgan fingerprint density at radius 3 is 2.45 bits per heavy atom. The molecule has 0 saturated carbocycles. The molecule has 2 aromatic carbocycles. The Hall–Kier alpha value is -3.02. The second-order valence-electron chi connectivity index (χ2n) is 7.42. The van der Waals surface area contributed by atoms with Gasteiger partial charge in [0.2, 0.25) is 17.7 Å². The van der Waals surface area contributed by atoms with Gasteiger partial charge in [0.15, 0.2) is 0 Å². The molecule has 1 unspecified atom stereocenters. The first-order chi connectivity index (χ1) is 14.2. The Bertz CT molecular complexity index is 948. The number of piperidine rings is 1. The summed E-state index contributed by atoms with van der Waals surface area (Å²) < 4.78 is 18.9. The third-order valence-electron chi connectivity index (χ3n) is 5.60. The zero-order valence-electron chi connectivity index (χ0n) is 16.4. The van der Waals surface area contributed by atoms with Gasteiger partial charge in [-0.3, -0.25) is 4.79 Å². The van der Waals surface area contributed by atoms with Crippen molar-refractivity contribution in [2.45, 2.75) is 38.0 Å². The van der Waals surface area contributed by atoms with E-state index in [4.69, 9.17) is 4.42 Å². The molecule has 0 radical (unpaired) electrons. The molecule has 2 heterocycles. The molecule has 1 aliphatic heterocycles. The molecule has 0 spiro atoms. The van der Waals surface area contributed by atoms with Crippen LogP contribution in [-0.2, 0) is 4.79 Å². The van der Waals surface area contributed by atoms with E-state index in [9.17, 15) is 9.18 Å². The molecule has 29 heavy (non-hydrogen) atoms. The Labute approximate surface area is 169 Å². The number of benzene rings is 2. The molecule has 1 aromatic heterocycles. The van der Waals surface area contributed by atoms with Crippen LogP contribution in [0.25, 0.3) is 11.5 Å². The van der Waals surface area contributed by atoms with Gasteiger partial charge in [-0.05, 0) is 49.1 Å². The van der Waals surface area contributed by atoms with E-state index >= 15 is 0 Å². The minimum Gasteiger partial charge on any atom is -0.420 e. The lowest BCUT2D eigenvalue weighted by atomic mass is 9.92. The van der Waals surface area contributed by atoms with Gasteiger partial charge in [0.25, 0.3) is 0 Å². The summed E-state index contributed by atoms with van der Waals surface area (Å²) in [6.45, 7) is 3.42. The predicted molar refractivity (Wildman–Crippen MR) is 108 cm³/mol. The van der Waals surface area contributed by atoms with Gasteiger partial charge in [-0.25, -0.2) is 4.39 Å². The first kappa shape index (κ1) is 19.3. The highest BCUT2D eigenvalue weighted by Crippen LogP contribution is 2.31. The minimum absolute atomic E-state index is 0.0961. The summed E-state index contributed by atoms with van der Waals surface area (Å²) in [5.41, 5.74) is 1.77. The topological polar surface area (TPSA) is 59.2 Å². The number of nitrogens with zero attached hydrogens (tertiary/aromatic N) is 3. The number of hydrogen-bond donors (Lipinski definition) is 0. The number of rotatable bonds is 5. The Morgan fingerprint density at radius 1 is 1.10 bits per heavy atom. The largest absolute Gasteiger partial charge is 0.420 e. The normalized spacial score (nSPS) is 16.0. The Kier molecular flexibility index (Phi) is 5.69. The lowest BCUT2D eigenvalue weighted by Crippen LogP contribution is -2.40. The summed E-state index contributed by atoms with van der Waals surface area (Å²) in [5.74, 6) is 0.917. The number of halogens is 1. The summed E-state index contributed by atoms with van der Waals surface area (Å²) in [7, 11) is 0. The predicted octanol–water partition coefficient (Wildman–Crippen LogP) is 4.78. The van der Waals surface area contributed by atoms with Crippen LogP contribution in [0.2, 0.25) is 0 Å². The number of carbonyl (C=O) groups is 1. The van der Waals surface area contributed by atoms with Crippen LogP contribution in [0.5, 0.6) is 0 Å². The molecule has 5 nitrogen and oxygen atoms in total. The van der Waals surface area contributed by atoms with Crippen LogP contribution in [-0.4, -0.2) is 34.1 Å². The lowest BCUT2D eigenvalue weighted by molar-refractivity contribution is -0.134. The van der Waals surface area contributed by atoms with E-state index in [1.54, 1.807) is 12.1 Å². The van der Waals surface area contributed by atoms with Crippen molar-refractivity contribution in [2.24, 2.45) is 0 Å². The van der Waals surface area contributed by atoms with Gasteiger partial charge in [-0.15, -0.1) is 10.2 Å². The smallest absolute Gasteiger partial charge is 0.247 e. The second kappa shape index (κ2) is 8.55. The van der Waals surface area contributed by atoms with Crippen LogP contribution in [0, 0.1) is 5.82 Å². The molecule has 6 heteroatoms. The maximum atomic E-state index is 13.1. The lowest BCUT2D eigenvalue weighted by Gasteiger charge is -2.33. The highest BCUT2D eigenvalue weighted by Gasteiger charge is 2.30. The third kappa shape index (κ3) is 4.21. The van der Waals surface area contributed by atoms with Crippen molar-refractivity contribution in [1.29, 1.82) is 0 Å². The molecule has 0 N–H and O–H groups in total. The van der Waals surface area contributed by atoms with E-state index in [-0.39, 0.29) is 23.6 Å². The van der Waals surface area contributed by atoms with Gasteiger partial charge in [0, 0.05) is 24.6 Å². The average molecular weight is 393 g/mol. The summed E-state index contributed by atoms with van der Waals surface area (Å²) in [6.07, 6.45) is 2.37. The number of hydrogen-bond acceptors (Lipinski definition) is 4. The molecule has 1 saturated heterocycles. The second-order valence-corrected chi connectivity index (χ2v) is 7.42. The fraction of sp³-hybridized carbons (Fsp3) is 0.348. The fourth-order valence-corrected chi connectivity index (χ4v) is 3.91. The molecule has 4 rings (SSSR count). The number of likely N-dealkylation sites (tertiary alicyclic amines) is 1. The third-order valence-corrected chi connectivity index (χ3v) is 5.60. The maximum absolute atomic E-state index is 13.1. The zero-order chi connectivity index (χ0) is 20.2. The van der Waals surface area contributed by atoms with E-state index in [0.717, 1.165) is 24.8 Å². The van der Waals surface area contributed by atoms with Crippen LogP contribution in [0.3, 0.4) is 0 Å².